The Balaban J connectivity index is 1.83. The monoisotopic (exact) mass is 326 g/mol. The van der Waals surface area contributed by atoms with Crippen LogP contribution in [0.15, 0.2) is 18.2 Å². The van der Waals surface area contributed by atoms with Gasteiger partial charge in [0.2, 0.25) is 5.91 Å². The molecule has 0 aliphatic heterocycles. The predicted molar refractivity (Wildman–Crippen MR) is 88.9 cm³/mol. The zero-order valence-corrected chi connectivity index (χ0v) is 13.5. The highest BCUT2D eigenvalue weighted by molar-refractivity contribution is 7.80. The molecular formula is C15H19ClN2O2S. The Kier molecular flexibility index (Phi) is 5.82. The van der Waals surface area contributed by atoms with E-state index in [1.807, 2.05) is 0 Å². The molecule has 0 aromatic heterocycles. The molecule has 2 rings (SSSR count). The van der Waals surface area contributed by atoms with Gasteiger partial charge in [0.25, 0.3) is 0 Å². The summed E-state index contributed by atoms with van der Waals surface area (Å²) in [7, 11) is 1.56. The molecule has 1 saturated carbocycles. The van der Waals surface area contributed by atoms with Crippen molar-refractivity contribution in [3.8, 4) is 5.75 Å². The second-order valence-corrected chi connectivity index (χ2v) is 6.02. The maximum atomic E-state index is 11.9. The molecule has 0 spiro atoms. The Bertz CT molecular complexity index is 530. The summed E-state index contributed by atoms with van der Waals surface area (Å²) in [6, 6.07) is 5.24. The van der Waals surface area contributed by atoms with E-state index in [2.05, 4.69) is 10.6 Å². The highest BCUT2D eigenvalue weighted by Gasteiger charge is 2.18. The molecule has 0 atom stereocenters. The van der Waals surface area contributed by atoms with Gasteiger partial charge in [0, 0.05) is 12.1 Å². The summed E-state index contributed by atoms with van der Waals surface area (Å²) >= 11 is 11.2. The van der Waals surface area contributed by atoms with Crippen molar-refractivity contribution >= 4 is 40.5 Å². The third kappa shape index (κ3) is 4.86. The van der Waals surface area contributed by atoms with E-state index in [0.717, 1.165) is 12.8 Å². The molecule has 2 N–H and O–H groups in total. The van der Waals surface area contributed by atoms with Crippen molar-refractivity contribution < 1.29 is 9.53 Å². The number of halogens is 1. The van der Waals surface area contributed by atoms with E-state index >= 15 is 0 Å². The number of amides is 1. The molecule has 0 bridgehead atoms. The van der Waals surface area contributed by atoms with E-state index in [1.165, 1.54) is 12.8 Å². The first-order chi connectivity index (χ1) is 10.1. The van der Waals surface area contributed by atoms with Crippen molar-refractivity contribution in [3.63, 3.8) is 0 Å². The van der Waals surface area contributed by atoms with Crippen LogP contribution in [0.1, 0.15) is 32.1 Å². The molecule has 114 valence electrons. The van der Waals surface area contributed by atoms with Crippen LogP contribution < -0.4 is 15.4 Å². The lowest BCUT2D eigenvalue weighted by atomic mass is 10.0. The fraction of sp³-hybridized carbons (Fsp3) is 0.467. The first kappa shape index (κ1) is 16.0. The van der Waals surface area contributed by atoms with Crippen LogP contribution in [-0.4, -0.2) is 18.1 Å². The highest BCUT2D eigenvalue weighted by Crippen LogP contribution is 2.28. The van der Waals surface area contributed by atoms with Crippen molar-refractivity contribution in [3.05, 3.63) is 23.2 Å². The van der Waals surface area contributed by atoms with E-state index in [1.54, 1.807) is 25.3 Å². The maximum absolute atomic E-state index is 11.9. The summed E-state index contributed by atoms with van der Waals surface area (Å²) in [5, 5.41) is 6.44. The van der Waals surface area contributed by atoms with Crippen LogP contribution in [0, 0.1) is 5.92 Å². The van der Waals surface area contributed by atoms with Gasteiger partial charge in [-0.1, -0.05) is 24.4 Å². The number of rotatable bonds is 4. The fourth-order valence-electron chi connectivity index (χ4n) is 2.56. The summed E-state index contributed by atoms with van der Waals surface area (Å²) in [5.74, 6) is 1.07. The largest absolute Gasteiger partial charge is 0.495 e. The maximum Gasteiger partial charge on any atom is 0.226 e. The molecule has 4 nitrogen and oxygen atoms in total. The normalized spacial score (nSPS) is 14.8. The third-order valence-corrected chi connectivity index (χ3v) is 4.11. The van der Waals surface area contributed by atoms with Crippen molar-refractivity contribution in [1.82, 2.24) is 5.32 Å². The van der Waals surface area contributed by atoms with Gasteiger partial charge in [0.05, 0.1) is 12.1 Å². The van der Waals surface area contributed by atoms with E-state index in [-0.39, 0.29) is 5.91 Å². The molecular weight excluding hydrogens is 308 g/mol. The van der Waals surface area contributed by atoms with Crippen LogP contribution in [0.25, 0.3) is 0 Å². The van der Waals surface area contributed by atoms with E-state index in [4.69, 9.17) is 28.6 Å². The second-order valence-electron chi connectivity index (χ2n) is 5.21. The van der Waals surface area contributed by atoms with Gasteiger partial charge in [0.15, 0.2) is 5.11 Å². The summed E-state index contributed by atoms with van der Waals surface area (Å²) in [4.78, 5) is 11.9. The Labute approximate surface area is 135 Å². The van der Waals surface area contributed by atoms with Crippen LogP contribution in [0.3, 0.4) is 0 Å². The Morgan fingerprint density at radius 1 is 1.43 bits per heavy atom. The number of nitrogens with one attached hydrogen (secondary N) is 2. The fourth-order valence-corrected chi connectivity index (χ4v) is 3.05. The van der Waals surface area contributed by atoms with Gasteiger partial charge in [-0.05, 0) is 49.2 Å². The molecule has 21 heavy (non-hydrogen) atoms. The van der Waals surface area contributed by atoms with Crippen molar-refractivity contribution in [2.75, 3.05) is 12.4 Å². The summed E-state index contributed by atoms with van der Waals surface area (Å²) in [6.07, 6.45) is 5.28. The van der Waals surface area contributed by atoms with Crippen molar-refractivity contribution in [1.29, 1.82) is 0 Å². The number of benzene rings is 1. The van der Waals surface area contributed by atoms with Gasteiger partial charge in [-0.3, -0.25) is 4.79 Å². The number of carbonyl (C=O) groups excluding carboxylic acids is 1. The number of ether oxygens (including phenoxy) is 1. The zero-order valence-electron chi connectivity index (χ0n) is 11.9. The topological polar surface area (TPSA) is 50.4 Å². The smallest absolute Gasteiger partial charge is 0.226 e. The van der Waals surface area contributed by atoms with Gasteiger partial charge in [0.1, 0.15) is 5.75 Å². The first-order valence-electron chi connectivity index (χ1n) is 7.03. The molecule has 1 amide bonds. The SMILES string of the molecule is COc1ccc(NC(=S)NC(=O)CC2CCCC2)cc1Cl. The molecule has 1 aliphatic carbocycles. The van der Waals surface area contributed by atoms with E-state index in [0.29, 0.717) is 33.9 Å². The van der Waals surface area contributed by atoms with Crippen molar-refractivity contribution in [2.45, 2.75) is 32.1 Å². The predicted octanol–water partition coefficient (Wildman–Crippen LogP) is 3.74. The molecule has 0 radical (unpaired) electrons. The van der Waals surface area contributed by atoms with Gasteiger partial charge in [-0.15, -0.1) is 0 Å². The Hall–Kier alpha value is -1.33. The number of carbonyl (C=O) groups is 1. The number of hydrogen-bond donors (Lipinski definition) is 2. The number of thiocarbonyl (C=S) groups is 1. The number of anilines is 1. The minimum absolute atomic E-state index is 0.0287. The van der Waals surface area contributed by atoms with E-state index < -0.39 is 0 Å². The quantitative estimate of drug-likeness (QED) is 0.828. The molecule has 1 aromatic rings. The molecule has 1 fully saturated rings. The molecule has 0 unspecified atom stereocenters. The van der Waals surface area contributed by atoms with Crippen molar-refractivity contribution in [2.24, 2.45) is 5.92 Å². The molecule has 0 heterocycles. The average Bonchev–Trinajstić information content (AvgIpc) is 2.91. The Morgan fingerprint density at radius 3 is 2.76 bits per heavy atom. The summed E-state index contributed by atoms with van der Waals surface area (Å²) < 4.78 is 5.08. The van der Waals surface area contributed by atoms with Crippen LogP contribution in [0.5, 0.6) is 5.75 Å². The first-order valence-corrected chi connectivity index (χ1v) is 7.81. The van der Waals surface area contributed by atoms with Gasteiger partial charge in [-0.25, -0.2) is 0 Å². The van der Waals surface area contributed by atoms with Gasteiger partial charge < -0.3 is 15.4 Å². The molecule has 1 aliphatic rings. The van der Waals surface area contributed by atoms with Crippen LogP contribution >= 0.6 is 23.8 Å². The lowest BCUT2D eigenvalue weighted by Crippen LogP contribution is -2.34. The lowest BCUT2D eigenvalue weighted by Gasteiger charge is -2.12. The molecule has 6 heteroatoms. The molecule has 0 saturated heterocycles. The summed E-state index contributed by atoms with van der Waals surface area (Å²) in [6.45, 7) is 0. The number of hydrogen-bond acceptors (Lipinski definition) is 3. The number of methoxy groups -OCH3 is 1. The van der Waals surface area contributed by atoms with Crippen LogP contribution in [0.2, 0.25) is 5.02 Å². The van der Waals surface area contributed by atoms with Gasteiger partial charge in [-0.2, -0.15) is 0 Å². The lowest BCUT2D eigenvalue weighted by molar-refractivity contribution is -0.120. The third-order valence-electron chi connectivity index (χ3n) is 3.61. The van der Waals surface area contributed by atoms with E-state index in [9.17, 15) is 4.79 Å². The standard InChI is InChI=1S/C15H19ClN2O2S/c1-20-13-7-6-11(9-12(13)16)17-15(21)18-14(19)8-10-4-2-3-5-10/h6-7,9-10H,2-5,8H2,1H3,(H2,17,18,19,21). The van der Waals surface area contributed by atoms with Crippen LogP contribution in [-0.2, 0) is 4.79 Å². The average molecular weight is 327 g/mol. The summed E-state index contributed by atoms with van der Waals surface area (Å²) in [5.41, 5.74) is 0.715. The zero-order chi connectivity index (χ0) is 15.2. The minimum atomic E-state index is -0.0287. The highest BCUT2D eigenvalue weighted by atomic mass is 35.5. The minimum Gasteiger partial charge on any atom is -0.495 e. The molecule has 1 aromatic carbocycles. The second kappa shape index (κ2) is 7.61. The Morgan fingerprint density at radius 2 is 2.14 bits per heavy atom. The van der Waals surface area contributed by atoms with Gasteiger partial charge >= 0.3 is 0 Å². The van der Waals surface area contributed by atoms with Crippen LogP contribution in [0.4, 0.5) is 5.69 Å².